The van der Waals surface area contributed by atoms with Crippen molar-refractivity contribution in [3.63, 3.8) is 0 Å². The molecule has 1 aromatic rings. The Morgan fingerprint density at radius 2 is 2.22 bits per heavy atom. The SMILES string of the molecule is CCOCCN(C)Cc1cc(C(=O)O)ccc1F. The molecular formula is C13H18FNO3. The predicted octanol–water partition coefficient (Wildman–Crippen LogP) is 1.99. The average molecular weight is 255 g/mol. The van der Waals surface area contributed by atoms with Crippen molar-refractivity contribution in [2.75, 3.05) is 26.8 Å². The van der Waals surface area contributed by atoms with Crippen molar-refractivity contribution in [1.29, 1.82) is 0 Å². The standard InChI is InChI=1S/C13H18FNO3/c1-3-18-7-6-15(2)9-11-8-10(13(16)17)4-5-12(11)14/h4-5,8H,3,6-7,9H2,1-2H3,(H,16,17). The zero-order chi connectivity index (χ0) is 13.5. The maximum Gasteiger partial charge on any atom is 0.335 e. The lowest BCUT2D eigenvalue weighted by atomic mass is 10.1. The lowest BCUT2D eigenvalue weighted by Crippen LogP contribution is -2.23. The maximum absolute atomic E-state index is 13.5. The molecule has 0 unspecified atom stereocenters. The Bertz CT molecular complexity index is 409. The van der Waals surface area contributed by atoms with Gasteiger partial charge in [0.05, 0.1) is 12.2 Å². The number of carboxylic acids is 1. The van der Waals surface area contributed by atoms with Crippen molar-refractivity contribution >= 4 is 5.97 Å². The van der Waals surface area contributed by atoms with Gasteiger partial charge in [0.15, 0.2) is 0 Å². The fourth-order valence-electron chi connectivity index (χ4n) is 1.56. The van der Waals surface area contributed by atoms with Crippen molar-refractivity contribution in [3.05, 3.63) is 35.1 Å². The second-order valence-corrected chi connectivity index (χ2v) is 4.05. The zero-order valence-electron chi connectivity index (χ0n) is 10.6. The molecule has 1 rings (SSSR count). The van der Waals surface area contributed by atoms with E-state index < -0.39 is 5.97 Å². The molecule has 0 saturated heterocycles. The van der Waals surface area contributed by atoms with Gasteiger partial charge in [0, 0.05) is 25.3 Å². The Balaban J connectivity index is 2.65. The summed E-state index contributed by atoms with van der Waals surface area (Å²) in [7, 11) is 1.84. The monoisotopic (exact) mass is 255 g/mol. The third-order valence-corrected chi connectivity index (χ3v) is 2.55. The van der Waals surface area contributed by atoms with Gasteiger partial charge in [0.1, 0.15) is 5.82 Å². The molecule has 0 amide bonds. The maximum atomic E-state index is 13.5. The van der Waals surface area contributed by atoms with E-state index in [2.05, 4.69) is 0 Å². The normalized spacial score (nSPS) is 10.9. The molecule has 0 aliphatic carbocycles. The van der Waals surface area contributed by atoms with Gasteiger partial charge in [0.25, 0.3) is 0 Å². The number of likely N-dealkylation sites (N-methyl/N-ethyl adjacent to an activating group) is 1. The molecule has 1 aromatic carbocycles. The van der Waals surface area contributed by atoms with E-state index >= 15 is 0 Å². The Morgan fingerprint density at radius 1 is 1.50 bits per heavy atom. The van der Waals surface area contributed by atoms with Crippen LogP contribution in [0.25, 0.3) is 0 Å². The van der Waals surface area contributed by atoms with Crippen LogP contribution in [-0.2, 0) is 11.3 Å². The Labute approximate surface area is 106 Å². The number of hydrogen-bond donors (Lipinski definition) is 1. The van der Waals surface area contributed by atoms with Crippen LogP contribution in [0, 0.1) is 5.82 Å². The molecule has 0 heterocycles. The van der Waals surface area contributed by atoms with Crippen LogP contribution in [0.4, 0.5) is 4.39 Å². The molecule has 0 atom stereocenters. The summed E-state index contributed by atoms with van der Waals surface area (Å²) in [5.41, 5.74) is 0.485. The van der Waals surface area contributed by atoms with Crippen LogP contribution in [0.15, 0.2) is 18.2 Å². The van der Waals surface area contributed by atoms with Gasteiger partial charge in [0.2, 0.25) is 0 Å². The van der Waals surface area contributed by atoms with Gasteiger partial charge >= 0.3 is 5.97 Å². The fraction of sp³-hybridized carbons (Fsp3) is 0.462. The van der Waals surface area contributed by atoms with Gasteiger partial charge in [-0.1, -0.05) is 0 Å². The number of nitrogens with zero attached hydrogens (tertiary/aromatic N) is 1. The van der Waals surface area contributed by atoms with Crippen molar-refractivity contribution in [1.82, 2.24) is 4.90 Å². The number of rotatable bonds is 7. The molecule has 5 heteroatoms. The van der Waals surface area contributed by atoms with Gasteiger partial charge < -0.3 is 9.84 Å². The lowest BCUT2D eigenvalue weighted by Gasteiger charge is -2.17. The number of carbonyl (C=O) groups is 1. The summed E-state index contributed by atoms with van der Waals surface area (Å²) in [5.74, 6) is -1.43. The molecule has 0 radical (unpaired) electrons. The van der Waals surface area contributed by atoms with Crippen LogP contribution in [0.1, 0.15) is 22.8 Å². The van der Waals surface area contributed by atoms with E-state index in [9.17, 15) is 9.18 Å². The molecule has 0 aliphatic rings. The highest BCUT2D eigenvalue weighted by Gasteiger charge is 2.10. The first-order valence-corrected chi connectivity index (χ1v) is 5.82. The summed E-state index contributed by atoms with van der Waals surface area (Å²) in [6.07, 6.45) is 0. The highest BCUT2D eigenvalue weighted by Crippen LogP contribution is 2.12. The summed E-state index contributed by atoms with van der Waals surface area (Å²) < 4.78 is 18.7. The number of benzene rings is 1. The number of halogens is 1. The Kier molecular flexibility index (Phi) is 5.74. The van der Waals surface area contributed by atoms with Crippen molar-refractivity contribution in [3.8, 4) is 0 Å². The first-order chi connectivity index (χ1) is 8.54. The Morgan fingerprint density at radius 3 is 2.83 bits per heavy atom. The van der Waals surface area contributed by atoms with Crippen LogP contribution in [-0.4, -0.2) is 42.8 Å². The summed E-state index contributed by atoms with van der Waals surface area (Å²) in [6.45, 7) is 4.17. The largest absolute Gasteiger partial charge is 0.478 e. The summed E-state index contributed by atoms with van der Waals surface area (Å²) in [6, 6.07) is 3.82. The van der Waals surface area contributed by atoms with E-state index in [1.54, 1.807) is 0 Å². The second-order valence-electron chi connectivity index (χ2n) is 4.05. The van der Waals surface area contributed by atoms with Crippen LogP contribution in [0.3, 0.4) is 0 Å². The molecule has 18 heavy (non-hydrogen) atoms. The smallest absolute Gasteiger partial charge is 0.335 e. The van der Waals surface area contributed by atoms with Crippen LogP contribution in [0.2, 0.25) is 0 Å². The summed E-state index contributed by atoms with van der Waals surface area (Å²) in [4.78, 5) is 12.7. The predicted molar refractivity (Wildman–Crippen MR) is 66.2 cm³/mol. The summed E-state index contributed by atoms with van der Waals surface area (Å²) in [5, 5.41) is 8.85. The first kappa shape index (κ1) is 14.6. The molecule has 100 valence electrons. The van der Waals surface area contributed by atoms with Crippen LogP contribution < -0.4 is 0 Å². The van der Waals surface area contributed by atoms with E-state index in [0.29, 0.717) is 31.9 Å². The molecule has 0 bridgehead atoms. The van der Waals surface area contributed by atoms with Crippen LogP contribution in [0.5, 0.6) is 0 Å². The minimum absolute atomic E-state index is 0.101. The molecular weight excluding hydrogens is 237 g/mol. The molecule has 0 aromatic heterocycles. The topological polar surface area (TPSA) is 49.8 Å². The minimum Gasteiger partial charge on any atom is -0.478 e. The average Bonchev–Trinajstić information content (AvgIpc) is 2.32. The van der Waals surface area contributed by atoms with Gasteiger partial charge in [-0.25, -0.2) is 9.18 Å². The molecule has 1 N–H and O–H groups in total. The van der Waals surface area contributed by atoms with E-state index in [-0.39, 0.29) is 11.4 Å². The fourth-order valence-corrected chi connectivity index (χ4v) is 1.56. The van der Waals surface area contributed by atoms with Crippen molar-refractivity contribution < 1.29 is 19.0 Å². The van der Waals surface area contributed by atoms with Gasteiger partial charge in [-0.2, -0.15) is 0 Å². The molecule has 0 saturated carbocycles. The Hall–Kier alpha value is -1.46. The van der Waals surface area contributed by atoms with E-state index in [1.165, 1.54) is 18.2 Å². The first-order valence-electron chi connectivity index (χ1n) is 5.82. The highest BCUT2D eigenvalue weighted by atomic mass is 19.1. The molecule has 0 spiro atoms. The van der Waals surface area contributed by atoms with E-state index in [4.69, 9.17) is 9.84 Å². The van der Waals surface area contributed by atoms with E-state index in [1.807, 2.05) is 18.9 Å². The zero-order valence-corrected chi connectivity index (χ0v) is 10.6. The number of carboxylic acid groups (broad SMARTS) is 1. The van der Waals surface area contributed by atoms with Crippen molar-refractivity contribution in [2.24, 2.45) is 0 Å². The molecule has 0 aliphatic heterocycles. The number of hydrogen-bond acceptors (Lipinski definition) is 3. The van der Waals surface area contributed by atoms with Gasteiger partial charge in [-0.15, -0.1) is 0 Å². The highest BCUT2D eigenvalue weighted by molar-refractivity contribution is 5.87. The van der Waals surface area contributed by atoms with Crippen LogP contribution >= 0.6 is 0 Å². The van der Waals surface area contributed by atoms with Crippen molar-refractivity contribution in [2.45, 2.75) is 13.5 Å². The second kappa shape index (κ2) is 7.08. The van der Waals surface area contributed by atoms with Gasteiger partial charge in [-0.05, 0) is 32.2 Å². The third kappa shape index (κ3) is 4.43. The minimum atomic E-state index is -1.05. The number of ether oxygens (including phenoxy) is 1. The third-order valence-electron chi connectivity index (χ3n) is 2.55. The molecule has 0 fully saturated rings. The van der Waals surface area contributed by atoms with E-state index in [0.717, 1.165) is 0 Å². The number of aromatic carboxylic acids is 1. The summed E-state index contributed by atoms with van der Waals surface area (Å²) >= 11 is 0. The lowest BCUT2D eigenvalue weighted by molar-refractivity contribution is 0.0696. The quantitative estimate of drug-likeness (QED) is 0.757. The molecule has 4 nitrogen and oxygen atoms in total. The van der Waals surface area contributed by atoms with Gasteiger partial charge in [-0.3, -0.25) is 4.90 Å².